The van der Waals surface area contributed by atoms with Crippen LogP contribution in [0.3, 0.4) is 0 Å². The van der Waals surface area contributed by atoms with Crippen molar-refractivity contribution < 1.29 is 19.4 Å². The zero-order chi connectivity index (χ0) is 15.6. The molecule has 2 atom stereocenters. The van der Waals surface area contributed by atoms with Crippen LogP contribution in [0, 0.1) is 0 Å². The van der Waals surface area contributed by atoms with Crippen molar-refractivity contribution in [3.8, 4) is 5.75 Å². The van der Waals surface area contributed by atoms with E-state index in [1.165, 1.54) is 0 Å². The molecule has 1 aromatic rings. The Morgan fingerprint density at radius 1 is 1.33 bits per heavy atom. The fourth-order valence-electron chi connectivity index (χ4n) is 2.56. The minimum atomic E-state index is -0.652. The Kier molecular flexibility index (Phi) is 4.42. The van der Waals surface area contributed by atoms with E-state index in [1.54, 1.807) is 7.11 Å². The van der Waals surface area contributed by atoms with E-state index in [-0.39, 0.29) is 6.04 Å². The average Bonchev–Trinajstić information content (AvgIpc) is 2.36. The highest BCUT2D eigenvalue weighted by Gasteiger charge is 2.31. The molecule has 0 radical (unpaired) electrons. The molecule has 0 saturated heterocycles. The summed E-state index contributed by atoms with van der Waals surface area (Å²) in [6.07, 6.45) is -0.133. The maximum Gasteiger partial charge on any atom is 0.407 e. The molecule has 0 unspecified atom stereocenters. The van der Waals surface area contributed by atoms with E-state index >= 15 is 0 Å². The fraction of sp³-hybridized carbons (Fsp3) is 0.562. The van der Waals surface area contributed by atoms with Crippen LogP contribution in [0.15, 0.2) is 18.2 Å². The number of aliphatic hydroxyl groups excluding tert-OH is 1. The van der Waals surface area contributed by atoms with Crippen molar-refractivity contribution in [1.29, 1.82) is 0 Å². The van der Waals surface area contributed by atoms with Crippen molar-refractivity contribution in [1.82, 2.24) is 5.32 Å². The molecule has 5 heteroatoms. The molecule has 1 aliphatic carbocycles. The molecule has 2 N–H and O–H groups in total. The Labute approximate surface area is 125 Å². The van der Waals surface area contributed by atoms with Crippen molar-refractivity contribution in [3.63, 3.8) is 0 Å². The van der Waals surface area contributed by atoms with Gasteiger partial charge in [0.1, 0.15) is 11.4 Å². The number of fused-ring (bicyclic) bond motifs is 1. The Morgan fingerprint density at radius 2 is 2.05 bits per heavy atom. The minimum Gasteiger partial charge on any atom is -0.496 e. The highest BCUT2D eigenvalue weighted by Crippen LogP contribution is 2.29. The molecule has 5 nitrogen and oxygen atoms in total. The van der Waals surface area contributed by atoms with Crippen LogP contribution in [0.2, 0.25) is 0 Å². The fourth-order valence-corrected chi connectivity index (χ4v) is 2.56. The summed E-state index contributed by atoms with van der Waals surface area (Å²) in [6, 6.07) is 5.44. The van der Waals surface area contributed by atoms with Gasteiger partial charge in [0, 0.05) is 12.0 Å². The van der Waals surface area contributed by atoms with Crippen LogP contribution >= 0.6 is 0 Å². The number of carbonyl (C=O) groups is 1. The number of methoxy groups -OCH3 is 1. The second-order valence-corrected chi connectivity index (χ2v) is 6.33. The average molecular weight is 293 g/mol. The number of carbonyl (C=O) groups excluding carboxylic acids is 1. The lowest BCUT2D eigenvalue weighted by Gasteiger charge is -2.32. The third-order valence-corrected chi connectivity index (χ3v) is 3.47. The molecule has 21 heavy (non-hydrogen) atoms. The molecule has 1 aromatic carbocycles. The molecule has 0 aliphatic heterocycles. The molecule has 2 rings (SSSR count). The summed E-state index contributed by atoms with van der Waals surface area (Å²) in [6.45, 7) is 5.43. The Morgan fingerprint density at radius 3 is 2.67 bits per heavy atom. The Balaban J connectivity index is 2.09. The van der Waals surface area contributed by atoms with Crippen LogP contribution in [0.4, 0.5) is 4.79 Å². The predicted molar refractivity (Wildman–Crippen MR) is 79.6 cm³/mol. The summed E-state index contributed by atoms with van der Waals surface area (Å²) in [7, 11) is 1.62. The predicted octanol–water partition coefficient (Wildman–Crippen LogP) is 2.05. The molecule has 0 heterocycles. The Hall–Kier alpha value is -1.75. The number of hydrogen-bond acceptors (Lipinski definition) is 4. The van der Waals surface area contributed by atoms with Gasteiger partial charge < -0.3 is 19.9 Å². The molecule has 0 aromatic heterocycles. The minimum absolute atomic E-state index is 0.348. The maximum absolute atomic E-state index is 11.8. The van der Waals surface area contributed by atoms with Gasteiger partial charge in [0.05, 0.1) is 19.3 Å². The smallest absolute Gasteiger partial charge is 0.407 e. The number of benzene rings is 1. The SMILES string of the molecule is COc1cccc2c1C[C@H](O)[C@@H](NC(=O)OC(C)(C)C)C2. The lowest BCUT2D eigenvalue weighted by molar-refractivity contribution is 0.0412. The first-order chi connectivity index (χ1) is 9.80. The number of ether oxygens (including phenoxy) is 2. The monoisotopic (exact) mass is 293 g/mol. The molecule has 0 saturated carbocycles. The summed E-state index contributed by atoms with van der Waals surface area (Å²) in [4.78, 5) is 11.8. The lowest BCUT2D eigenvalue weighted by Crippen LogP contribution is -2.49. The second kappa shape index (κ2) is 5.93. The first-order valence-corrected chi connectivity index (χ1v) is 7.12. The summed E-state index contributed by atoms with van der Waals surface area (Å²) < 4.78 is 10.6. The standard InChI is InChI=1S/C16H23NO4/c1-16(2,3)21-15(19)17-12-8-10-6-5-7-14(20-4)11(10)9-13(12)18/h5-7,12-13,18H,8-9H2,1-4H3,(H,17,19)/t12-,13-/m0/s1. The first-order valence-electron chi connectivity index (χ1n) is 7.12. The van der Waals surface area contributed by atoms with Crippen LogP contribution in [-0.4, -0.2) is 36.1 Å². The molecular weight excluding hydrogens is 270 g/mol. The third kappa shape index (κ3) is 3.88. The normalized spacial score (nSPS) is 21.4. The van der Waals surface area contributed by atoms with E-state index in [9.17, 15) is 9.90 Å². The highest BCUT2D eigenvalue weighted by molar-refractivity contribution is 5.68. The van der Waals surface area contributed by atoms with E-state index < -0.39 is 17.8 Å². The molecule has 0 fully saturated rings. The van der Waals surface area contributed by atoms with Gasteiger partial charge in [-0.1, -0.05) is 12.1 Å². The van der Waals surface area contributed by atoms with Gasteiger partial charge in [0.25, 0.3) is 0 Å². The molecule has 1 aliphatic rings. The van der Waals surface area contributed by atoms with Crippen LogP contribution in [-0.2, 0) is 17.6 Å². The largest absolute Gasteiger partial charge is 0.496 e. The van der Waals surface area contributed by atoms with Crippen molar-refractivity contribution in [3.05, 3.63) is 29.3 Å². The van der Waals surface area contributed by atoms with E-state index in [0.29, 0.717) is 12.8 Å². The third-order valence-electron chi connectivity index (χ3n) is 3.47. The van der Waals surface area contributed by atoms with Crippen molar-refractivity contribution >= 4 is 6.09 Å². The number of hydrogen-bond donors (Lipinski definition) is 2. The van der Waals surface area contributed by atoms with Crippen molar-refractivity contribution in [2.75, 3.05) is 7.11 Å². The molecular formula is C16H23NO4. The highest BCUT2D eigenvalue weighted by atomic mass is 16.6. The summed E-state index contributed by atoms with van der Waals surface area (Å²) in [5.74, 6) is 0.780. The second-order valence-electron chi connectivity index (χ2n) is 6.33. The van der Waals surface area contributed by atoms with Gasteiger partial charge in [-0.3, -0.25) is 0 Å². The van der Waals surface area contributed by atoms with E-state index in [2.05, 4.69) is 5.32 Å². The Bertz CT molecular complexity index is 521. The summed E-state index contributed by atoms with van der Waals surface area (Å²) in [5, 5.41) is 13.0. The number of amides is 1. The van der Waals surface area contributed by atoms with Gasteiger partial charge >= 0.3 is 6.09 Å². The van der Waals surface area contributed by atoms with E-state index in [0.717, 1.165) is 16.9 Å². The topological polar surface area (TPSA) is 67.8 Å². The van der Waals surface area contributed by atoms with Crippen LogP contribution in [0.5, 0.6) is 5.75 Å². The van der Waals surface area contributed by atoms with Crippen LogP contribution < -0.4 is 10.1 Å². The van der Waals surface area contributed by atoms with Gasteiger partial charge in [-0.25, -0.2) is 4.79 Å². The van der Waals surface area contributed by atoms with Gasteiger partial charge in [0.2, 0.25) is 0 Å². The quantitative estimate of drug-likeness (QED) is 0.875. The number of alkyl carbamates (subject to hydrolysis) is 1. The van der Waals surface area contributed by atoms with Crippen LogP contribution in [0.25, 0.3) is 0 Å². The number of nitrogens with one attached hydrogen (secondary N) is 1. The molecule has 116 valence electrons. The van der Waals surface area contributed by atoms with E-state index in [4.69, 9.17) is 9.47 Å². The number of rotatable bonds is 2. The van der Waals surface area contributed by atoms with Crippen molar-refractivity contribution in [2.24, 2.45) is 0 Å². The van der Waals surface area contributed by atoms with Gasteiger partial charge in [-0.15, -0.1) is 0 Å². The lowest BCUT2D eigenvalue weighted by atomic mass is 9.85. The summed E-state index contributed by atoms with van der Waals surface area (Å²) in [5.41, 5.74) is 1.54. The molecule has 0 spiro atoms. The summed E-state index contributed by atoms with van der Waals surface area (Å²) >= 11 is 0. The maximum atomic E-state index is 11.8. The van der Waals surface area contributed by atoms with Crippen LogP contribution in [0.1, 0.15) is 31.9 Å². The molecule has 1 amide bonds. The van der Waals surface area contributed by atoms with Gasteiger partial charge in [0.15, 0.2) is 0 Å². The first kappa shape index (κ1) is 15.6. The van der Waals surface area contributed by atoms with Gasteiger partial charge in [-0.05, 0) is 38.8 Å². The molecule has 0 bridgehead atoms. The van der Waals surface area contributed by atoms with E-state index in [1.807, 2.05) is 39.0 Å². The zero-order valence-electron chi connectivity index (χ0n) is 13.0. The zero-order valence-corrected chi connectivity index (χ0v) is 13.0. The number of aliphatic hydroxyl groups is 1. The van der Waals surface area contributed by atoms with Crippen molar-refractivity contribution in [2.45, 2.75) is 51.4 Å². The van der Waals surface area contributed by atoms with Gasteiger partial charge in [-0.2, -0.15) is 0 Å².